The molecular formula is C24H33N3O4. The van der Waals surface area contributed by atoms with Gasteiger partial charge in [0.2, 0.25) is 17.7 Å². The molecule has 2 heterocycles. The summed E-state index contributed by atoms with van der Waals surface area (Å²) in [5, 5.41) is 0. The fourth-order valence-corrected chi connectivity index (χ4v) is 4.79. The summed E-state index contributed by atoms with van der Waals surface area (Å²) < 4.78 is 5.28. The molecule has 168 valence electrons. The lowest BCUT2D eigenvalue weighted by Crippen LogP contribution is -2.52. The third kappa shape index (κ3) is 4.55. The maximum absolute atomic E-state index is 13.5. The number of benzene rings is 1. The van der Waals surface area contributed by atoms with Gasteiger partial charge in [0.05, 0.1) is 19.1 Å². The molecule has 3 amide bonds. The fraction of sp³-hybridized carbons (Fsp3) is 0.625. The van der Waals surface area contributed by atoms with Gasteiger partial charge in [-0.15, -0.1) is 0 Å². The number of ether oxygens (including phenoxy) is 1. The normalized spacial score (nSPS) is 23.9. The summed E-state index contributed by atoms with van der Waals surface area (Å²) in [6.45, 7) is 5.05. The van der Waals surface area contributed by atoms with Crippen molar-refractivity contribution >= 4 is 17.7 Å². The Balaban J connectivity index is 1.49. The van der Waals surface area contributed by atoms with Crippen molar-refractivity contribution in [3.05, 3.63) is 29.8 Å². The molecule has 0 radical (unpaired) electrons. The average Bonchev–Trinajstić information content (AvgIpc) is 3.60. The number of hydrogen-bond donors (Lipinski definition) is 0. The van der Waals surface area contributed by atoms with Crippen LogP contribution in [-0.2, 0) is 14.4 Å². The Labute approximate surface area is 184 Å². The molecule has 0 N–H and O–H groups in total. The van der Waals surface area contributed by atoms with Gasteiger partial charge in [0, 0.05) is 45.1 Å². The second kappa shape index (κ2) is 9.28. The molecule has 1 saturated carbocycles. The van der Waals surface area contributed by atoms with Gasteiger partial charge in [-0.1, -0.05) is 25.5 Å². The molecule has 1 aliphatic carbocycles. The van der Waals surface area contributed by atoms with E-state index >= 15 is 0 Å². The molecule has 2 saturated heterocycles. The van der Waals surface area contributed by atoms with Crippen LogP contribution >= 0.6 is 0 Å². The van der Waals surface area contributed by atoms with Crippen molar-refractivity contribution in [1.82, 2.24) is 14.7 Å². The van der Waals surface area contributed by atoms with Gasteiger partial charge in [-0.2, -0.15) is 0 Å². The third-order valence-electron chi connectivity index (χ3n) is 6.79. The van der Waals surface area contributed by atoms with Gasteiger partial charge in [0.25, 0.3) is 0 Å². The molecule has 3 fully saturated rings. The molecule has 4 rings (SSSR count). The van der Waals surface area contributed by atoms with Crippen molar-refractivity contribution in [2.45, 2.75) is 45.1 Å². The number of unbranched alkanes of at least 4 members (excludes halogenated alkanes) is 1. The van der Waals surface area contributed by atoms with E-state index in [2.05, 4.69) is 6.92 Å². The molecule has 2 atom stereocenters. The summed E-state index contributed by atoms with van der Waals surface area (Å²) in [6.07, 6.45) is 4.16. The number of likely N-dealkylation sites (tertiary alicyclic amines) is 1. The van der Waals surface area contributed by atoms with E-state index in [1.54, 1.807) is 7.11 Å². The average molecular weight is 428 g/mol. The fourth-order valence-electron chi connectivity index (χ4n) is 4.79. The molecule has 0 spiro atoms. The lowest BCUT2D eigenvalue weighted by Gasteiger charge is -2.37. The van der Waals surface area contributed by atoms with Crippen molar-refractivity contribution in [3.8, 4) is 5.75 Å². The van der Waals surface area contributed by atoms with E-state index in [1.165, 1.54) is 0 Å². The maximum Gasteiger partial charge on any atom is 0.228 e. The quantitative estimate of drug-likeness (QED) is 0.670. The Morgan fingerprint density at radius 1 is 1.00 bits per heavy atom. The van der Waals surface area contributed by atoms with E-state index in [-0.39, 0.29) is 42.0 Å². The van der Waals surface area contributed by atoms with Gasteiger partial charge in [-0.05, 0) is 37.0 Å². The van der Waals surface area contributed by atoms with Gasteiger partial charge in [0.1, 0.15) is 5.75 Å². The molecule has 1 aromatic rings. The van der Waals surface area contributed by atoms with E-state index in [0.29, 0.717) is 32.7 Å². The summed E-state index contributed by atoms with van der Waals surface area (Å²) in [7, 11) is 1.63. The monoisotopic (exact) mass is 427 g/mol. The van der Waals surface area contributed by atoms with Crippen LogP contribution in [0.25, 0.3) is 0 Å². The van der Waals surface area contributed by atoms with Gasteiger partial charge in [0.15, 0.2) is 0 Å². The van der Waals surface area contributed by atoms with Crippen LogP contribution in [0.2, 0.25) is 0 Å². The zero-order valence-electron chi connectivity index (χ0n) is 18.6. The predicted octanol–water partition coefficient (Wildman–Crippen LogP) is 2.47. The number of rotatable bonds is 7. The Kier molecular flexibility index (Phi) is 6.49. The van der Waals surface area contributed by atoms with Crippen LogP contribution in [-0.4, -0.2) is 72.3 Å². The van der Waals surface area contributed by atoms with E-state index in [4.69, 9.17) is 4.74 Å². The molecule has 0 aromatic heterocycles. The van der Waals surface area contributed by atoms with Crippen LogP contribution in [0.4, 0.5) is 0 Å². The highest BCUT2D eigenvalue weighted by Crippen LogP contribution is 2.40. The number of piperazine rings is 1. The van der Waals surface area contributed by atoms with E-state index in [1.807, 2.05) is 39.0 Å². The second-order valence-electron chi connectivity index (χ2n) is 8.89. The highest BCUT2D eigenvalue weighted by Gasteiger charge is 2.46. The molecule has 0 bridgehead atoms. The van der Waals surface area contributed by atoms with Crippen LogP contribution in [0.5, 0.6) is 5.75 Å². The number of methoxy groups -OCH3 is 1. The number of amides is 3. The van der Waals surface area contributed by atoms with Crippen molar-refractivity contribution < 1.29 is 19.1 Å². The van der Waals surface area contributed by atoms with Crippen molar-refractivity contribution in [2.75, 3.05) is 39.8 Å². The Bertz CT molecular complexity index is 813. The van der Waals surface area contributed by atoms with E-state index < -0.39 is 0 Å². The number of carbonyl (C=O) groups is 3. The smallest absolute Gasteiger partial charge is 0.228 e. The summed E-state index contributed by atoms with van der Waals surface area (Å²) in [5.74, 6) is 0.907. The maximum atomic E-state index is 13.5. The van der Waals surface area contributed by atoms with Gasteiger partial charge >= 0.3 is 0 Å². The summed E-state index contributed by atoms with van der Waals surface area (Å²) >= 11 is 0. The predicted molar refractivity (Wildman–Crippen MR) is 116 cm³/mol. The summed E-state index contributed by atoms with van der Waals surface area (Å²) in [5.41, 5.74) is 0.976. The second-order valence-corrected chi connectivity index (χ2v) is 8.89. The van der Waals surface area contributed by atoms with E-state index in [9.17, 15) is 14.4 Å². The molecular weight excluding hydrogens is 394 g/mol. The minimum Gasteiger partial charge on any atom is -0.497 e. The standard InChI is InChI=1S/C24H33N3O4/c1-3-4-11-27-21(28)16-20(22(27)17-7-9-19(31-2)10-8-17)24(30)26-14-12-25(13-15-26)23(29)18-5-6-18/h7-10,18,20,22H,3-6,11-16H2,1-2H3. The lowest BCUT2D eigenvalue weighted by molar-refractivity contribution is -0.143. The van der Waals surface area contributed by atoms with Crippen LogP contribution in [0, 0.1) is 11.8 Å². The summed E-state index contributed by atoms with van der Waals surface area (Å²) in [6, 6.07) is 7.46. The zero-order valence-corrected chi connectivity index (χ0v) is 18.6. The topological polar surface area (TPSA) is 70.2 Å². The molecule has 7 heteroatoms. The van der Waals surface area contributed by atoms with Gasteiger partial charge in [-0.3, -0.25) is 14.4 Å². The first kappa shape index (κ1) is 21.7. The molecule has 1 aromatic carbocycles. The highest BCUT2D eigenvalue weighted by atomic mass is 16.5. The van der Waals surface area contributed by atoms with Crippen LogP contribution in [0.3, 0.4) is 0 Å². The zero-order chi connectivity index (χ0) is 22.0. The molecule has 7 nitrogen and oxygen atoms in total. The molecule has 2 unspecified atom stereocenters. The molecule has 31 heavy (non-hydrogen) atoms. The number of nitrogens with zero attached hydrogens (tertiary/aromatic N) is 3. The van der Waals surface area contributed by atoms with E-state index in [0.717, 1.165) is 37.0 Å². The Morgan fingerprint density at radius 3 is 2.16 bits per heavy atom. The van der Waals surface area contributed by atoms with Crippen molar-refractivity contribution in [1.29, 1.82) is 0 Å². The highest BCUT2D eigenvalue weighted by molar-refractivity contribution is 5.90. The van der Waals surface area contributed by atoms with Crippen LogP contribution in [0.1, 0.15) is 50.6 Å². The van der Waals surface area contributed by atoms with Gasteiger partial charge in [-0.25, -0.2) is 0 Å². The lowest BCUT2D eigenvalue weighted by atomic mass is 9.91. The van der Waals surface area contributed by atoms with Crippen LogP contribution < -0.4 is 4.74 Å². The van der Waals surface area contributed by atoms with Crippen LogP contribution in [0.15, 0.2) is 24.3 Å². The third-order valence-corrected chi connectivity index (χ3v) is 6.79. The van der Waals surface area contributed by atoms with Gasteiger partial charge < -0.3 is 19.4 Å². The largest absolute Gasteiger partial charge is 0.497 e. The molecule has 2 aliphatic heterocycles. The number of carbonyl (C=O) groups excluding carboxylic acids is 3. The molecule has 3 aliphatic rings. The SMILES string of the molecule is CCCCN1C(=O)CC(C(=O)N2CCN(C(=O)C3CC3)CC2)C1c1ccc(OC)cc1. The summed E-state index contributed by atoms with van der Waals surface area (Å²) in [4.78, 5) is 44.4. The van der Waals surface area contributed by atoms with Crippen molar-refractivity contribution in [3.63, 3.8) is 0 Å². The minimum atomic E-state index is -0.386. The number of hydrogen-bond acceptors (Lipinski definition) is 4. The minimum absolute atomic E-state index is 0.0340. The van der Waals surface area contributed by atoms with Crippen molar-refractivity contribution in [2.24, 2.45) is 11.8 Å². The Morgan fingerprint density at radius 2 is 1.61 bits per heavy atom. The first-order valence-corrected chi connectivity index (χ1v) is 11.5. The first-order chi connectivity index (χ1) is 15.0. The first-order valence-electron chi connectivity index (χ1n) is 11.5. The Hall–Kier alpha value is -2.57.